The minimum absolute atomic E-state index is 0.248. The third-order valence-electron chi connectivity index (χ3n) is 3.64. The molecule has 0 unspecified atom stereocenters. The van der Waals surface area contributed by atoms with Gasteiger partial charge in [-0.05, 0) is 19.9 Å². The predicted octanol–water partition coefficient (Wildman–Crippen LogP) is 1.16. The van der Waals surface area contributed by atoms with E-state index in [-0.39, 0.29) is 5.91 Å². The molecule has 0 aliphatic rings. The molecule has 0 aliphatic carbocycles. The molecule has 0 saturated heterocycles. The minimum atomic E-state index is -0.248. The van der Waals surface area contributed by atoms with Gasteiger partial charge < -0.3 is 14.4 Å². The fourth-order valence-corrected chi connectivity index (χ4v) is 2.33. The van der Waals surface area contributed by atoms with Gasteiger partial charge in [0.2, 0.25) is 0 Å². The molecule has 3 aromatic rings. The van der Waals surface area contributed by atoms with Crippen LogP contribution in [0.4, 0.5) is 0 Å². The Bertz CT molecular complexity index is 787. The highest BCUT2D eigenvalue weighted by atomic mass is 16.5. The van der Waals surface area contributed by atoms with Gasteiger partial charge in [-0.3, -0.25) is 9.48 Å². The van der Waals surface area contributed by atoms with Crippen molar-refractivity contribution in [3.05, 3.63) is 53.7 Å². The van der Waals surface area contributed by atoms with Crippen LogP contribution < -0.4 is 5.32 Å². The van der Waals surface area contributed by atoms with E-state index in [1.807, 2.05) is 30.0 Å². The first-order chi connectivity index (χ1) is 11.1. The molecule has 8 heteroatoms. The summed E-state index contributed by atoms with van der Waals surface area (Å²) in [5, 5.41) is 10.9. The summed E-state index contributed by atoms with van der Waals surface area (Å²) in [6, 6.07) is 1.83. The molecule has 0 bridgehead atoms. The number of hydrogen-bond donors (Lipinski definition) is 1. The number of rotatable bonds is 6. The van der Waals surface area contributed by atoms with Crippen LogP contribution in [-0.2, 0) is 13.1 Å². The topological polar surface area (TPSA) is 90.8 Å². The first-order valence-electron chi connectivity index (χ1n) is 7.33. The molecule has 23 heavy (non-hydrogen) atoms. The highest BCUT2D eigenvalue weighted by Gasteiger charge is 2.19. The van der Waals surface area contributed by atoms with Crippen LogP contribution in [0.15, 0.2) is 35.4 Å². The van der Waals surface area contributed by atoms with Gasteiger partial charge in [0.15, 0.2) is 5.69 Å². The highest BCUT2D eigenvalue weighted by Crippen LogP contribution is 2.14. The largest absolute Gasteiger partial charge is 0.361 e. The number of hydrogen-bond acceptors (Lipinski definition) is 5. The first kappa shape index (κ1) is 15.0. The second kappa shape index (κ2) is 6.47. The molecule has 0 aliphatic heterocycles. The van der Waals surface area contributed by atoms with Crippen molar-refractivity contribution in [2.75, 3.05) is 6.54 Å². The zero-order valence-corrected chi connectivity index (χ0v) is 13.1. The van der Waals surface area contributed by atoms with E-state index in [0.29, 0.717) is 31.1 Å². The Labute approximate surface area is 133 Å². The van der Waals surface area contributed by atoms with E-state index >= 15 is 0 Å². The van der Waals surface area contributed by atoms with Crippen LogP contribution in [0.5, 0.6) is 0 Å². The Morgan fingerprint density at radius 1 is 1.30 bits per heavy atom. The normalized spacial score (nSPS) is 10.9. The van der Waals surface area contributed by atoms with Gasteiger partial charge in [-0.15, -0.1) is 0 Å². The van der Waals surface area contributed by atoms with E-state index in [9.17, 15) is 4.79 Å². The molecule has 0 atom stereocenters. The van der Waals surface area contributed by atoms with Gasteiger partial charge in [0.1, 0.15) is 11.6 Å². The Balaban J connectivity index is 1.64. The quantitative estimate of drug-likeness (QED) is 0.737. The van der Waals surface area contributed by atoms with Crippen LogP contribution in [0.1, 0.15) is 27.6 Å². The summed E-state index contributed by atoms with van der Waals surface area (Å²) in [4.78, 5) is 16.5. The number of aromatic nitrogens is 5. The maximum absolute atomic E-state index is 12.3. The van der Waals surface area contributed by atoms with E-state index in [0.717, 1.165) is 11.4 Å². The molecule has 0 radical (unpaired) electrons. The predicted molar refractivity (Wildman–Crippen MR) is 81.9 cm³/mol. The van der Waals surface area contributed by atoms with Gasteiger partial charge in [-0.2, -0.15) is 5.10 Å². The third kappa shape index (κ3) is 3.31. The van der Waals surface area contributed by atoms with Gasteiger partial charge in [0.05, 0.1) is 6.54 Å². The van der Waals surface area contributed by atoms with Crippen molar-refractivity contribution < 1.29 is 9.32 Å². The Morgan fingerprint density at radius 2 is 2.17 bits per heavy atom. The number of carbonyl (C=O) groups is 1. The lowest BCUT2D eigenvalue weighted by atomic mass is 10.2. The molecule has 0 aromatic carbocycles. The number of imidazole rings is 1. The lowest BCUT2D eigenvalue weighted by molar-refractivity contribution is 0.0942. The Morgan fingerprint density at radius 3 is 2.87 bits per heavy atom. The van der Waals surface area contributed by atoms with Crippen molar-refractivity contribution in [2.45, 2.75) is 26.9 Å². The van der Waals surface area contributed by atoms with Gasteiger partial charge in [-0.25, -0.2) is 4.98 Å². The second-order valence-corrected chi connectivity index (χ2v) is 5.19. The standard InChI is InChI=1S/C15H18N6O2/c1-11-13(10-21-7-3-4-18-21)14(19-23-11)15(22)17-6-9-20-8-5-16-12(20)2/h3-5,7-8H,6,9-10H2,1-2H3,(H,17,22). The molecule has 0 spiro atoms. The maximum atomic E-state index is 12.3. The van der Waals surface area contributed by atoms with E-state index in [4.69, 9.17) is 4.52 Å². The second-order valence-electron chi connectivity index (χ2n) is 5.19. The number of nitrogens with zero attached hydrogens (tertiary/aromatic N) is 5. The fourth-order valence-electron chi connectivity index (χ4n) is 2.33. The van der Waals surface area contributed by atoms with Gasteiger partial charge in [0.25, 0.3) is 5.91 Å². The maximum Gasteiger partial charge on any atom is 0.273 e. The van der Waals surface area contributed by atoms with Crippen LogP contribution in [0, 0.1) is 13.8 Å². The van der Waals surface area contributed by atoms with Crippen molar-refractivity contribution in [3.63, 3.8) is 0 Å². The van der Waals surface area contributed by atoms with E-state index in [1.165, 1.54) is 0 Å². The summed E-state index contributed by atoms with van der Waals surface area (Å²) in [5.41, 5.74) is 1.05. The zero-order valence-electron chi connectivity index (χ0n) is 13.1. The molecular weight excluding hydrogens is 296 g/mol. The Kier molecular flexibility index (Phi) is 4.22. The number of nitrogens with one attached hydrogen (secondary N) is 1. The first-order valence-corrected chi connectivity index (χ1v) is 7.33. The van der Waals surface area contributed by atoms with Gasteiger partial charge in [0, 0.05) is 43.4 Å². The van der Waals surface area contributed by atoms with E-state index < -0.39 is 0 Å². The number of amides is 1. The Hall–Kier alpha value is -2.90. The van der Waals surface area contributed by atoms with Crippen molar-refractivity contribution >= 4 is 5.91 Å². The zero-order chi connectivity index (χ0) is 16.2. The molecule has 8 nitrogen and oxygen atoms in total. The fraction of sp³-hybridized carbons (Fsp3) is 0.333. The van der Waals surface area contributed by atoms with Gasteiger partial charge in [-0.1, -0.05) is 5.16 Å². The average molecular weight is 314 g/mol. The summed E-state index contributed by atoms with van der Waals surface area (Å²) >= 11 is 0. The molecule has 3 rings (SSSR count). The molecule has 1 amide bonds. The van der Waals surface area contributed by atoms with Crippen LogP contribution >= 0.6 is 0 Å². The minimum Gasteiger partial charge on any atom is -0.361 e. The van der Waals surface area contributed by atoms with Crippen LogP contribution in [-0.4, -0.2) is 36.9 Å². The molecule has 3 aromatic heterocycles. The lowest BCUT2D eigenvalue weighted by Crippen LogP contribution is -2.28. The van der Waals surface area contributed by atoms with Crippen molar-refractivity contribution in [1.82, 2.24) is 29.8 Å². The van der Waals surface area contributed by atoms with E-state index in [2.05, 4.69) is 20.6 Å². The van der Waals surface area contributed by atoms with Crippen LogP contribution in [0.3, 0.4) is 0 Å². The molecule has 3 heterocycles. The molecule has 120 valence electrons. The average Bonchev–Trinajstić information content (AvgIpc) is 3.25. The monoisotopic (exact) mass is 314 g/mol. The summed E-state index contributed by atoms with van der Waals surface area (Å²) in [5.74, 6) is 1.29. The molecule has 1 N–H and O–H groups in total. The summed E-state index contributed by atoms with van der Waals surface area (Å²) in [6.45, 7) is 5.31. The number of aryl methyl sites for hydroxylation is 2. The van der Waals surface area contributed by atoms with Crippen LogP contribution in [0.25, 0.3) is 0 Å². The summed E-state index contributed by atoms with van der Waals surface area (Å²) < 4.78 is 8.87. The molecule has 0 fully saturated rings. The number of carbonyl (C=O) groups excluding carboxylic acids is 1. The third-order valence-corrected chi connectivity index (χ3v) is 3.64. The molecular formula is C15H18N6O2. The lowest BCUT2D eigenvalue weighted by Gasteiger charge is -2.07. The smallest absolute Gasteiger partial charge is 0.273 e. The van der Waals surface area contributed by atoms with Gasteiger partial charge >= 0.3 is 0 Å². The van der Waals surface area contributed by atoms with Crippen molar-refractivity contribution in [2.24, 2.45) is 0 Å². The highest BCUT2D eigenvalue weighted by molar-refractivity contribution is 5.93. The van der Waals surface area contributed by atoms with E-state index in [1.54, 1.807) is 24.0 Å². The van der Waals surface area contributed by atoms with Crippen molar-refractivity contribution in [1.29, 1.82) is 0 Å². The summed E-state index contributed by atoms with van der Waals surface area (Å²) in [7, 11) is 0. The van der Waals surface area contributed by atoms with Crippen LogP contribution in [0.2, 0.25) is 0 Å². The summed E-state index contributed by atoms with van der Waals surface area (Å²) in [6.07, 6.45) is 7.14. The SMILES string of the molecule is Cc1onc(C(=O)NCCn2ccnc2C)c1Cn1cccn1. The van der Waals surface area contributed by atoms with Crippen molar-refractivity contribution in [3.8, 4) is 0 Å². The molecule has 0 saturated carbocycles.